The summed E-state index contributed by atoms with van der Waals surface area (Å²) in [5.74, 6) is 2.70. The normalized spacial score (nSPS) is 26.2. The van der Waals surface area contributed by atoms with Crippen molar-refractivity contribution in [2.75, 3.05) is 12.3 Å². The highest BCUT2D eigenvalue weighted by atomic mass is 32.2. The van der Waals surface area contributed by atoms with E-state index in [1.807, 2.05) is 19.1 Å². The fourth-order valence-corrected chi connectivity index (χ4v) is 4.28. The average Bonchev–Trinajstić information content (AvgIpc) is 2.42. The molecule has 0 aliphatic carbocycles. The zero-order valence-electron chi connectivity index (χ0n) is 10.9. The van der Waals surface area contributed by atoms with Crippen molar-refractivity contribution >= 4 is 9.84 Å². The zero-order valence-corrected chi connectivity index (χ0v) is 11.7. The molecule has 1 aliphatic heterocycles. The molecule has 1 aromatic carbocycles. The van der Waals surface area contributed by atoms with Crippen LogP contribution >= 0.6 is 0 Å². The fourth-order valence-electron chi connectivity index (χ4n) is 2.56. The van der Waals surface area contributed by atoms with E-state index in [-0.39, 0.29) is 11.8 Å². The number of hydrogen-bond donors (Lipinski definition) is 2. The molecule has 4 nitrogen and oxygen atoms in total. The summed E-state index contributed by atoms with van der Waals surface area (Å²) in [6, 6.07) is 6.84. The van der Waals surface area contributed by atoms with Gasteiger partial charge in [0.15, 0.2) is 9.84 Å². The number of sulfone groups is 1. The minimum atomic E-state index is -3.21. The first-order valence-corrected chi connectivity index (χ1v) is 7.86. The summed E-state index contributed by atoms with van der Waals surface area (Å²) in [6.45, 7) is 2.18. The van der Waals surface area contributed by atoms with E-state index < -0.39 is 15.4 Å². The van der Waals surface area contributed by atoms with Gasteiger partial charge in [0.1, 0.15) is 0 Å². The maximum absolute atomic E-state index is 12.1. The van der Waals surface area contributed by atoms with Crippen LogP contribution in [0.15, 0.2) is 29.2 Å². The van der Waals surface area contributed by atoms with Gasteiger partial charge in [-0.15, -0.1) is 6.42 Å². The lowest BCUT2D eigenvalue weighted by Gasteiger charge is -2.40. The maximum Gasteiger partial charge on any atom is 0.178 e. The van der Waals surface area contributed by atoms with Crippen molar-refractivity contribution in [3.05, 3.63) is 29.8 Å². The lowest BCUT2D eigenvalue weighted by Crippen LogP contribution is -2.54. The van der Waals surface area contributed by atoms with Crippen LogP contribution in [0.5, 0.6) is 0 Å². The van der Waals surface area contributed by atoms with Crippen molar-refractivity contribution < 1.29 is 8.42 Å². The van der Waals surface area contributed by atoms with E-state index in [0.717, 1.165) is 5.56 Å². The van der Waals surface area contributed by atoms with Gasteiger partial charge in [-0.25, -0.2) is 8.42 Å². The molecule has 2 rings (SSSR count). The van der Waals surface area contributed by atoms with Crippen LogP contribution in [0, 0.1) is 12.3 Å². The molecule has 2 atom stereocenters. The van der Waals surface area contributed by atoms with Gasteiger partial charge >= 0.3 is 0 Å². The first-order chi connectivity index (χ1) is 8.95. The lowest BCUT2D eigenvalue weighted by atomic mass is 9.86. The van der Waals surface area contributed by atoms with Crippen molar-refractivity contribution in [1.82, 2.24) is 5.32 Å². The first-order valence-electron chi connectivity index (χ1n) is 6.21. The molecule has 1 heterocycles. The Morgan fingerprint density at radius 1 is 1.53 bits per heavy atom. The molecule has 1 aliphatic rings. The van der Waals surface area contributed by atoms with Crippen molar-refractivity contribution in [1.29, 1.82) is 0 Å². The van der Waals surface area contributed by atoms with Gasteiger partial charge in [-0.1, -0.05) is 24.1 Å². The second-order valence-corrected chi connectivity index (χ2v) is 6.96. The van der Waals surface area contributed by atoms with Crippen LogP contribution in [-0.4, -0.2) is 26.8 Å². The number of hydrogen-bond acceptors (Lipinski definition) is 4. The summed E-state index contributed by atoms with van der Waals surface area (Å²) in [6.07, 6.45) is 5.84. The second-order valence-electron chi connectivity index (χ2n) is 4.88. The standard InChI is InChI=1S/C14H18N2O2S/c1-3-11(2)16-14(10-15)8-9-19(17,18)13-7-5-4-6-12(13)14/h1,4-7,11,16H,8-10,15H2,2H3. The Balaban J connectivity index is 2.57. The van der Waals surface area contributed by atoms with Crippen LogP contribution in [0.1, 0.15) is 18.9 Å². The molecule has 0 spiro atoms. The van der Waals surface area contributed by atoms with E-state index in [2.05, 4.69) is 11.2 Å². The Labute approximate surface area is 114 Å². The first kappa shape index (κ1) is 14.1. The summed E-state index contributed by atoms with van der Waals surface area (Å²) in [7, 11) is -3.21. The van der Waals surface area contributed by atoms with E-state index in [1.165, 1.54) is 0 Å². The Morgan fingerprint density at radius 2 is 2.21 bits per heavy atom. The molecule has 0 amide bonds. The topological polar surface area (TPSA) is 72.2 Å². The van der Waals surface area contributed by atoms with Crippen LogP contribution in [-0.2, 0) is 15.4 Å². The molecule has 5 heteroatoms. The smallest absolute Gasteiger partial charge is 0.178 e. The highest BCUT2D eigenvalue weighted by Crippen LogP contribution is 2.36. The number of terminal acetylenes is 1. The number of benzene rings is 1. The van der Waals surface area contributed by atoms with Crippen LogP contribution in [0.4, 0.5) is 0 Å². The lowest BCUT2D eigenvalue weighted by molar-refractivity contribution is 0.306. The monoisotopic (exact) mass is 278 g/mol. The van der Waals surface area contributed by atoms with Gasteiger partial charge in [0.05, 0.1) is 22.2 Å². The summed E-state index contributed by atoms with van der Waals surface area (Å²) < 4.78 is 24.2. The molecule has 3 N–H and O–H groups in total. The van der Waals surface area contributed by atoms with Crippen LogP contribution < -0.4 is 11.1 Å². The van der Waals surface area contributed by atoms with Crippen LogP contribution in [0.2, 0.25) is 0 Å². The van der Waals surface area contributed by atoms with Crippen LogP contribution in [0.3, 0.4) is 0 Å². The van der Waals surface area contributed by atoms with Gasteiger partial charge in [-0.2, -0.15) is 0 Å². The summed E-state index contributed by atoms with van der Waals surface area (Å²) in [5, 5.41) is 3.30. The summed E-state index contributed by atoms with van der Waals surface area (Å²) in [5.41, 5.74) is 6.08. The molecule has 19 heavy (non-hydrogen) atoms. The summed E-state index contributed by atoms with van der Waals surface area (Å²) >= 11 is 0. The number of fused-ring (bicyclic) bond motifs is 1. The Morgan fingerprint density at radius 3 is 2.84 bits per heavy atom. The van der Waals surface area contributed by atoms with E-state index >= 15 is 0 Å². The maximum atomic E-state index is 12.1. The Bertz CT molecular complexity index is 619. The molecular formula is C14H18N2O2S. The van der Waals surface area contributed by atoms with Crippen molar-refractivity contribution in [3.8, 4) is 12.3 Å². The van der Waals surface area contributed by atoms with E-state index in [1.54, 1.807) is 12.1 Å². The zero-order chi connectivity index (χ0) is 14.1. The van der Waals surface area contributed by atoms with Crippen molar-refractivity contribution in [3.63, 3.8) is 0 Å². The molecule has 0 fully saturated rings. The van der Waals surface area contributed by atoms with E-state index in [9.17, 15) is 8.42 Å². The highest BCUT2D eigenvalue weighted by molar-refractivity contribution is 7.91. The molecular weight excluding hydrogens is 260 g/mol. The molecule has 102 valence electrons. The van der Waals surface area contributed by atoms with Crippen molar-refractivity contribution in [2.24, 2.45) is 5.73 Å². The third-order valence-corrected chi connectivity index (χ3v) is 5.39. The van der Waals surface area contributed by atoms with Gasteiger partial charge < -0.3 is 5.73 Å². The number of nitrogens with one attached hydrogen (secondary N) is 1. The quantitative estimate of drug-likeness (QED) is 0.796. The van der Waals surface area contributed by atoms with Gasteiger partial charge in [0, 0.05) is 6.54 Å². The molecule has 1 aromatic rings. The Kier molecular flexibility index (Phi) is 3.68. The predicted octanol–water partition coefficient (Wildman–Crippen LogP) is 0.629. The van der Waals surface area contributed by atoms with Gasteiger partial charge in [-0.3, -0.25) is 5.32 Å². The SMILES string of the molecule is C#CC(C)NC1(CN)CCS(=O)(=O)c2ccccc21. The number of rotatable bonds is 3. The number of nitrogens with two attached hydrogens (primary N) is 1. The predicted molar refractivity (Wildman–Crippen MR) is 75.3 cm³/mol. The molecule has 0 radical (unpaired) electrons. The third kappa shape index (κ3) is 2.39. The molecule has 0 aromatic heterocycles. The molecule has 0 saturated heterocycles. The summed E-state index contributed by atoms with van der Waals surface area (Å²) in [4.78, 5) is 0.364. The molecule has 2 unspecified atom stereocenters. The van der Waals surface area contributed by atoms with Crippen molar-refractivity contribution in [2.45, 2.75) is 29.8 Å². The van der Waals surface area contributed by atoms with Gasteiger partial charge in [-0.05, 0) is 25.0 Å². The van der Waals surface area contributed by atoms with E-state index in [4.69, 9.17) is 12.2 Å². The van der Waals surface area contributed by atoms with Gasteiger partial charge in [0.2, 0.25) is 0 Å². The van der Waals surface area contributed by atoms with Gasteiger partial charge in [0.25, 0.3) is 0 Å². The van der Waals surface area contributed by atoms with Crippen LogP contribution in [0.25, 0.3) is 0 Å². The largest absolute Gasteiger partial charge is 0.328 e. The van der Waals surface area contributed by atoms with E-state index in [0.29, 0.717) is 17.9 Å². The average molecular weight is 278 g/mol. The highest BCUT2D eigenvalue weighted by Gasteiger charge is 2.41. The third-order valence-electron chi connectivity index (χ3n) is 3.63. The molecule has 0 bridgehead atoms. The second kappa shape index (κ2) is 4.97. The fraction of sp³-hybridized carbons (Fsp3) is 0.429. The Hall–Kier alpha value is -1.35. The molecule has 0 saturated carbocycles. The minimum Gasteiger partial charge on any atom is -0.328 e. The minimum absolute atomic E-state index is 0.0888.